The predicted molar refractivity (Wildman–Crippen MR) is 225 cm³/mol. The fraction of sp³-hybridized carbons (Fsp3) is 0.426. The Morgan fingerprint density at radius 2 is 1.64 bits per heavy atom. The van der Waals surface area contributed by atoms with E-state index in [2.05, 4.69) is 64.1 Å². The number of carbonyl (C=O) groups excluding carboxylic acids is 2. The van der Waals surface area contributed by atoms with Crippen molar-refractivity contribution in [3.63, 3.8) is 0 Å². The van der Waals surface area contributed by atoms with Gasteiger partial charge in [-0.05, 0) is 160 Å². The van der Waals surface area contributed by atoms with Crippen molar-refractivity contribution in [3.05, 3.63) is 124 Å². The molecule has 5 rings (SSSR count). The molecule has 3 aromatic carbocycles. The molecule has 298 valence electrons. The number of nitrogen functional groups attached to an aromatic ring is 1. The number of nitrogens with one attached hydrogen (secondary N) is 2. The second-order valence-electron chi connectivity index (χ2n) is 15.2. The first-order valence-electron chi connectivity index (χ1n) is 20.3. The standard InChI is InChI=1S/C47H60N4O5/c1-49-31-40(37-21-23-50-24-22-37)13-6-3-7-14-43(53)30-44(54)20-19-38-28-46(56-33-52)45(55)27-41(38)26-42-32-51-47(48)29-39(42)18-17-36-12-8-11-35(25-36)16-15-34-9-4-2-5-10-34/h2,4-5,8-12,19-20,25,27-29,32,37,40,49-50,52,55H,3,6-7,13-18,21-24,26,30-31,33H2,1H3,(H2,48,51)/t40-/m0/s1. The Morgan fingerprint density at radius 1 is 0.911 bits per heavy atom. The molecule has 1 atom stereocenters. The van der Waals surface area contributed by atoms with Gasteiger partial charge >= 0.3 is 0 Å². The number of nitrogens with two attached hydrogens (primary N) is 1. The van der Waals surface area contributed by atoms with Crippen molar-refractivity contribution in [1.82, 2.24) is 15.6 Å². The van der Waals surface area contributed by atoms with E-state index >= 15 is 0 Å². The molecule has 56 heavy (non-hydrogen) atoms. The number of carbonyl (C=O) groups is 2. The number of aryl methyl sites for hydroxylation is 4. The zero-order valence-corrected chi connectivity index (χ0v) is 33.0. The molecule has 0 aliphatic carbocycles. The molecule has 2 heterocycles. The van der Waals surface area contributed by atoms with Crippen molar-refractivity contribution in [2.75, 3.05) is 39.2 Å². The largest absolute Gasteiger partial charge is 0.504 e. The third-order valence-corrected chi connectivity index (χ3v) is 11.0. The third kappa shape index (κ3) is 13.7. The minimum atomic E-state index is -0.614. The Labute approximate surface area is 332 Å². The summed E-state index contributed by atoms with van der Waals surface area (Å²) < 4.78 is 5.26. The number of ketones is 2. The summed E-state index contributed by atoms with van der Waals surface area (Å²) >= 11 is 0. The fourth-order valence-corrected chi connectivity index (χ4v) is 7.93. The summed E-state index contributed by atoms with van der Waals surface area (Å²) in [4.78, 5) is 30.1. The van der Waals surface area contributed by atoms with Crippen molar-refractivity contribution in [3.8, 4) is 11.5 Å². The molecule has 0 saturated carbocycles. The number of rotatable bonds is 23. The van der Waals surface area contributed by atoms with E-state index in [9.17, 15) is 19.8 Å². The lowest BCUT2D eigenvalue weighted by Crippen LogP contribution is -2.35. The highest BCUT2D eigenvalue weighted by molar-refractivity contribution is 6.06. The van der Waals surface area contributed by atoms with Crippen molar-refractivity contribution >= 4 is 23.5 Å². The summed E-state index contributed by atoms with van der Waals surface area (Å²) in [6.07, 6.45) is 15.5. The van der Waals surface area contributed by atoms with Crippen LogP contribution in [-0.2, 0) is 41.7 Å². The monoisotopic (exact) mass is 760 g/mol. The maximum Gasteiger partial charge on any atom is 0.186 e. The maximum atomic E-state index is 13.0. The van der Waals surface area contributed by atoms with Crippen LogP contribution in [0.15, 0.2) is 85.1 Å². The molecule has 1 fully saturated rings. The van der Waals surface area contributed by atoms with Gasteiger partial charge in [0.1, 0.15) is 11.6 Å². The van der Waals surface area contributed by atoms with Gasteiger partial charge in [0.2, 0.25) is 0 Å². The lowest BCUT2D eigenvalue weighted by Gasteiger charge is -2.30. The van der Waals surface area contributed by atoms with Gasteiger partial charge in [-0.25, -0.2) is 4.98 Å². The highest BCUT2D eigenvalue weighted by atomic mass is 16.6. The number of ether oxygens (including phenoxy) is 1. The van der Waals surface area contributed by atoms with Gasteiger partial charge in [0.15, 0.2) is 24.1 Å². The number of allylic oxidation sites excluding steroid dienone is 1. The highest BCUT2D eigenvalue weighted by Crippen LogP contribution is 2.33. The van der Waals surface area contributed by atoms with Crippen LogP contribution in [0, 0.1) is 11.8 Å². The van der Waals surface area contributed by atoms with Gasteiger partial charge < -0.3 is 31.3 Å². The first-order valence-corrected chi connectivity index (χ1v) is 20.3. The van der Waals surface area contributed by atoms with E-state index in [1.807, 2.05) is 19.2 Å². The Bertz CT molecular complexity index is 1870. The van der Waals surface area contributed by atoms with Crippen molar-refractivity contribution < 1.29 is 24.5 Å². The van der Waals surface area contributed by atoms with Crippen molar-refractivity contribution in [2.45, 2.75) is 83.5 Å². The number of pyridine rings is 1. The van der Waals surface area contributed by atoms with Crippen LogP contribution < -0.4 is 21.1 Å². The van der Waals surface area contributed by atoms with Crippen LogP contribution in [0.1, 0.15) is 90.3 Å². The van der Waals surface area contributed by atoms with Gasteiger partial charge in [-0.15, -0.1) is 0 Å². The number of Topliss-reactive ketones (excluding diaryl/α,β-unsaturated/α-hetero) is 1. The number of aliphatic hydroxyl groups excluding tert-OH is 1. The van der Waals surface area contributed by atoms with E-state index in [0.717, 1.165) is 93.6 Å². The van der Waals surface area contributed by atoms with Gasteiger partial charge in [-0.1, -0.05) is 73.5 Å². The summed E-state index contributed by atoms with van der Waals surface area (Å²) in [5.74, 6) is 1.49. The number of nitrogens with zero attached hydrogens (tertiary/aromatic N) is 1. The number of unbranched alkanes of at least 4 members (excludes halogenated alkanes) is 2. The lowest BCUT2D eigenvalue weighted by molar-refractivity contribution is -0.124. The number of aromatic hydroxyl groups is 1. The number of aromatic nitrogens is 1. The summed E-state index contributed by atoms with van der Waals surface area (Å²) in [5.41, 5.74) is 13.4. The molecule has 4 aromatic rings. The lowest BCUT2D eigenvalue weighted by atomic mass is 9.81. The smallest absolute Gasteiger partial charge is 0.186 e. The highest BCUT2D eigenvalue weighted by Gasteiger charge is 2.22. The van der Waals surface area contributed by atoms with Crippen molar-refractivity contribution in [1.29, 1.82) is 0 Å². The molecule has 9 heteroatoms. The molecule has 0 unspecified atom stereocenters. The van der Waals surface area contributed by atoms with Crippen LogP contribution in [0.25, 0.3) is 6.08 Å². The molecule has 1 aliphatic heterocycles. The van der Waals surface area contributed by atoms with E-state index < -0.39 is 6.79 Å². The minimum Gasteiger partial charge on any atom is -0.504 e. The average Bonchev–Trinajstić information content (AvgIpc) is 3.21. The second-order valence-corrected chi connectivity index (χ2v) is 15.2. The molecular weight excluding hydrogens is 701 g/mol. The second kappa shape index (κ2) is 22.7. The van der Waals surface area contributed by atoms with Gasteiger partial charge in [0, 0.05) is 12.6 Å². The van der Waals surface area contributed by atoms with Gasteiger partial charge in [0.25, 0.3) is 0 Å². The summed E-state index contributed by atoms with van der Waals surface area (Å²) in [6, 6.07) is 24.3. The van der Waals surface area contributed by atoms with Gasteiger partial charge in [0.05, 0.1) is 6.42 Å². The first kappa shape index (κ1) is 42.3. The number of hydrogen-bond acceptors (Lipinski definition) is 9. The number of aliphatic hydroxyl groups is 1. The van der Waals surface area contributed by atoms with Crippen LogP contribution in [0.5, 0.6) is 11.5 Å². The number of benzene rings is 3. The molecule has 0 bridgehead atoms. The molecule has 9 nitrogen and oxygen atoms in total. The van der Waals surface area contributed by atoms with Crippen LogP contribution in [0.4, 0.5) is 5.82 Å². The van der Waals surface area contributed by atoms with Crippen LogP contribution >= 0.6 is 0 Å². The molecule has 0 radical (unpaired) electrons. The fourth-order valence-electron chi connectivity index (χ4n) is 7.93. The SMILES string of the molecule is CNC[C@H](CCCCCC(=O)CC(=O)C=Cc1cc(OCO)c(O)cc1Cc1cnc(N)cc1CCc1cccc(CCc2ccccc2)c1)C1CCNCC1. The number of phenolic OH excluding ortho intramolecular Hbond substituents is 1. The molecular formula is C47H60N4O5. The first-order chi connectivity index (χ1) is 27.3. The Balaban J connectivity index is 1.18. The van der Waals surface area contributed by atoms with Gasteiger partial charge in [-0.2, -0.15) is 0 Å². The molecule has 1 saturated heterocycles. The van der Waals surface area contributed by atoms with E-state index in [1.165, 1.54) is 35.6 Å². The molecule has 6 N–H and O–H groups in total. The van der Waals surface area contributed by atoms with E-state index in [4.69, 9.17) is 10.5 Å². The topological polar surface area (TPSA) is 147 Å². The minimum absolute atomic E-state index is 0.0562. The average molecular weight is 761 g/mol. The van der Waals surface area contributed by atoms with Gasteiger partial charge in [-0.3, -0.25) is 9.59 Å². The zero-order chi connectivity index (χ0) is 39.5. The third-order valence-electron chi connectivity index (χ3n) is 11.0. The number of piperidine rings is 1. The zero-order valence-electron chi connectivity index (χ0n) is 33.0. The number of phenols is 1. The molecule has 0 amide bonds. The molecule has 0 spiro atoms. The van der Waals surface area contributed by atoms with E-state index in [-0.39, 0.29) is 29.5 Å². The Kier molecular flexibility index (Phi) is 17.1. The summed E-state index contributed by atoms with van der Waals surface area (Å²) in [7, 11) is 2.02. The molecule has 1 aliphatic rings. The van der Waals surface area contributed by atoms with E-state index in [0.29, 0.717) is 30.1 Å². The number of hydrogen-bond donors (Lipinski definition) is 5. The van der Waals surface area contributed by atoms with Crippen LogP contribution in [0.3, 0.4) is 0 Å². The van der Waals surface area contributed by atoms with Crippen molar-refractivity contribution in [2.24, 2.45) is 11.8 Å². The van der Waals surface area contributed by atoms with Crippen LogP contribution in [-0.4, -0.2) is 60.2 Å². The number of anilines is 1. The van der Waals surface area contributed by atoms with Crippen LogP contribution in [0.2, 0.25) is 0 Å². The summed E-state index contributed by atoms with van der Waals surface area (Å²) in [6.45, 7) is 2.61. The quantitative estimate of drug-likeness (QED) is 0.0230. The normalized spacial score (nSPS) is 13.9. The maximum absolute atomic E-state index is 13.0. The predicted octanol–water partition coefficient (Wildman–Crippen LogP) is 7.19. The Morgan fingerprint density at radius 3 is 2.39 bits per heavy atom. The molecule has 1 aromatic heterocycles. The van der Waals surface area contributed by atoms with E-state index in [1.54, 1.807) is 24.4 Å². The Hall–Kier alpha value is -4.83. The summed E-state index contributed by atoms with van der Waals surface area (Å²) in [5, 5.41) is 27.0.